The number of β-amino-alcohol motifs (C(OH)–C–C–N with tert-alkyl or cyclic N) is 1. The molecular weight excluding hydrogens is 1100 g/mol. The van der Waals surface area contributed by atoms with E-state index in [1.165, 1.54) is 11.0 Å². The van der Waals surface area contributed by atoms with Gasteiger partial charge in [0.25, 0.3) is 5.91 Å². The predicted octanol–water partition coefficient (Wildman–Crippen LogP) is 11.1. The SMILES string of the molecule is Cc1ncsc1-c1ccc([C@H](C)NC(=O)[C@@H]2C[C@@H](O)CN2C(=O)[C@@H](NC(=O)CCCCCCCCCNC(=O)c2ccc(NC(=O)[C@@H]3NC4(CCCCC4)[C@@]4(C(=O)Nc5cc(Cl)ccc54)[C@H]3c3cccc(Cl)c3F)cc2)C(C)(C)C)cc1. The van der Waals surface area contributed by atoms with Crippen LogP contribution in [0.4, 0.5) is 15.8 Å². The summed E-state index contributed by atoms with van der Waals surface area (Å²) in [6, 6.07) is 21.3. The summed E-state index contributed by atoms with van der Waals surface area (Å²) >= 11 is 14.4. The topological polar surface area (TPSA) is 211 Å². The van der Waals surface area contributed by atoms with Crippen molar-refractivity contribution in [1.29, 1.82) is 0 Å². The first kappa shape index (κ1) is 60.4. The molecule has 2 saturated heterocycles. The summed E-state index contributed by atoms with van der Waals surface area (Å²) in [4.78, 5) is 90.5. The fourth-order valence-corrected chi connectivity index (χ4v) is 14.2. The van der Waals surface area contributed by atoms with E-state index in [1.807, 2.05) is 70.5 Å². The number of amides is 6. The molecule has 3 fully saturated rings. The first-order chi connectivity index (χ1) is 39.2. The standard InChI is InChI=1S/C63H75Cl2FN8O7S/c1-37(39-20-22-40(23-21-39)54-38(2)68-36-82-54)69-57(78)49-34-44(75)35-74(49)59(80)55(61(3,4)5)72-50(76)19-12-9-7-6-8-10-15-32-67-56(77)41-24-27-43(28-25-41)70-58(79)53-51(45-17-16-18-47(65)52(45)66)63(62(73-53)30-13-11-14-31-62)46-29-26-42(64)33-48(46)71-60(63)81/h16-18,20-29,33,36-37,44,49,51,53,55,73,75H,6-15,19,30-32,34-35H2,1-5H3,(H,67,77)(H,69,78)(H,70,79)(H,71,81)(H,72,76)/t37-,44+,49-,51-,53+,55+,63+/m0/s1. The van der Waals surface area contributed by atoms with Crippen molar-refractivity contribution in [2.75, 3.05) is 23.7 Å². The van der Waals surface area contributed by atoms with E-state index in [9.17, 15) is 33.9 Å². The summed E-state index contributed by atoms with van der Waals surface area (Å²) in [5.41, 5.74) is 4.04. The van der Waals surface area contributed by atoms with Gasteiger partial charge in [0, 0.05) is 59.3 Å². The van der Waals surface area contributed by atoms with Crippen LogP contribution in [0.25, 0.3) is 10.4 Å². The Morgan fingerprint density at radius 1 is 0.878 bits per heavy atom. The second-order valence-electron chi connectivity index (χ2n) is 23.8. The zero-order valence-corrected chi connectivity index (χ0v) is 49.6. The largest absolute Gasteiger partial charge is 0.391 e. The molecule has 7 atom stereocenters. The van der Waals surface area contributed by atoms with Crippen LogP contribution in [-0.2, 0) is 29.4 Å². The monoisotopic (exact) mass is 1180 g/mol. The van der Waals surface area contributed by atoms with Gasteiger partial charge in [-0.15, -0.1) is 11.3 Å². The molecule has 0 bridgehead atoms. The molecule has 4 heterocycles. The number of halogens is 3. The zero-order chi connectivity index (χ0) is 58.5. The van der Waals surface area contributed by atoms with Gasteiger partial charge in [-0.1, -0.05) is 138 Å². The molecule has 4 aliphatic rings. The molecule has 3 aliphatic heterocycles. The molecule has 436 valence electrons. The van der Waals surface area contributed by atoms with Crippen molar-refractivity contribution < 1.29 is 38.3 Å². The Balaban J connectivity index is 0.701. The van der Waals surface area contributed by atoms with Gasteiger partial charge in [0.15, 0.2) is 0 Å². The number of benzene rings is 4. The van der Waals surface area contributed by atoms with Gasteiger partial charge in [0.05, 0.1) is 39.3 Å². The number of rotatable bonds is 20. The number of aliphatic hydroxyl groups is 1. The van der Waals surface area contributed by atoms with E-state index in [2.05, 4.69) is 36.9 Å². The molecule has 7 N–H and O–H groups in total. The number of carbonyl (C=O) groups excluding carboxylic acids is 6. The smallest absolute Gasteiger partial charge is 0.251 e. The van der Waals surface area contributed by atoms with E-state index in [0.29, 0.717) is 53.3 Å². The summed E-state index contributed by atoms with van der Waals surface area (Å²) < 4.78 is 16.3. The van der Waals surface area contributed by atoms with Crippen LogP contribution in [0.3, 0.4) is 0 Å². The van der Waals surface area contributed by atoms with E-state index in [1.54, 1.807) is 59.9 Å². The lowest BCUT2D eigenvalue weighted by molar-refractivity contribution is -0.144. The molecular formula is C63H75Cl2FN8O7S. The minimum atomic E-state index is -1.36. The number of nitrogens with zero attached hydrogens (tertiary/aromatic N) is 2. The maximum atomic E-state index is 16.3. The van der Waals surface area contributed by atoms with Crippen LogP contribution in [-0.4, -0.2) is 93.3 Å². The Hall–Kier alpha value is -6.24. The third-order valence-corrected chi connectivity index (χ3v) is 18.7. The molecule has 5 aromatic rings. The number of unbranched alkanes of at least 4 members (excludes halogenated alkanes) is 6. The number of aryl methyl sites for hydroxylation is 1. The molecule has 1 aromatic heterocycles. The first-order valence-corrected chi connectivity index (χ1v) is 30.5. The highest BCUT2D eigenvalue weighted by Gasteiger charge is 2.72. The molecule has 6 amide bonds. The van der Waals surface area contributed by atoms with E-state index >= 15 is 4.39 Å². The lowest BCUT2D eigenvalue weighted by Crippen LogP contribution is -2.60. The summed E-state index contributed by atoms with van der Waals surface area (Å²) in [6.45, 7) is 9.96. The highest BCUT2D eigenvalue weighted by molar-refractivity contribution is 7.13. The van der Waals surface area contributed by atoms with Crippen molar-refractivity contribution in [3.8, 4) is 10.4 Å². The maximum absolute atomic E-state index is 16.3. The maximum Gasteiger partial charge on any atom is 0.251 e. The average Bonchev–Trinajstić information content (AvgIpc) is 1.62. The number of aromatic nitrogens is 1. The van der Waals surface area contributed by atoms with Crippen LogP contribution < -0.4 is 31.9 Å². The molecule has 15 nitrogen and oxygen atoms in total. The fraction of sp³-hybridized carbons (Fsp3) is 0.476. The number of anilines is 2. The molecule has 1 saturated carbocycles. The van der Waals surface area contributed by atoms with Gasteiger partial charge in [-0.25, -0.2) is 9.37 Å². The second-order valence-corrected chi connectivity index (χ2v) is 25.5. The van der Waals surface area contributed by atoms with Gasteiger partial charge in [0.1, 0.15) is 23.3 Å². The highest BCUT2D eigenvalue weighted by atomic mass is 35.5. The van der Waals surface area contributed by atoms with Gasteiger partial charge in [-0.3, -0.25) is 34.1 Å². The molecule has 82 heavy (non-hydrogen) atoms. The minimum absolute atomic E-state index is 0.00143. The Labute approximate surface area is 493 Å². The summed E-state index contributed by atoms with van der Waals surface area (Å²) in [5, 5.41) is 29.7. The molecule has 4 aromatic carbocycles. The third-order valence-electron chi connectivity index (χ3n) is 17.1. The van der Waals surface area contributed by atoms with E-state index in [0.717, 1.165) is 79.5 Å². The molecule has 0 radical (unpaired) electrons. The van der Waals surface area contributed by atoms with Crippen LogP contribution >= 0.6 is 34.5 Å². The van der Waals surface area contributed by atoms with Crippen molar-refractivity contribution in [3.63, 3.8) is 0 Å². The normalized spacial score (nSPS) is 21.7. The molecule has 9 rings (SSSR count). The fourth-order valence-electron chi connectivity index (χ4n) is 13.0. The van der Waals surface area contributed by atoms with E-state index in [-0.39, 0.29) is 59.6 Å². The lowest BCUT2D eigenvalue weighted by Gasteiger charge is -2.47. The highest BCUT2D eigenvalue weighted by Crippen LogP contribution is 2.63. The molecule has 0 unspecified atom stereocenters. The van der Waals surface area contributed by atoms with E-state index in [4.69, 9.17) is 23.2 Å². The Bertz CT molecular complexity index is 3170. The summed E-state index contributed by atoms with van der Waals surface area (Å²) in [6.07, 6.45) is 9.29. The van der Waals surface area contributed by atoms with Crippen LogP contribution in [0.5, 0.6) is 0 Å². The van der Waals surface area contributed by atoms with Gasteiger partial charge in [-0.05, 0) is 110 Å². The molecule has 19 heteroatoms. The third kappa shape index (κ3) is 12.6. The number of hydrogen-bond donors (Lipinski definition) is 7. The first-order valence-electron chi connectivity index (χ1n) is 28.8. The summed E-state index contributed by atoms with van der Waals surface area (Å²) in [7, 11) is 0. The number of thiazole rings is 1. The average molecular weight is 1180 g/mol. The number of carbonyl (C=O) groups is 6. The summed E-state index contributed by atoms with van der Waals surface area (Å²) in [5.74, 6) is -3.68. The number of aliphatic hydroxyl groups excluding tert-OH is 1. The van der Waals surface area contributed by atoms with Gasteiger partial charge in [-0.2, -0.15) is 0 Å². The van der Waals surface area contributed by atoms with Crippen LogP contribution in [0.1, 0.15) is 162 Å². The van der Waals surface area contributed by atoms with Crippen molar-refractivity contribution >= 4 is 81.4 Å². The Morgan fingerprint density at radius 3 is 2.26 bits per heavy atom. The van der Waals surface area contributed by atoms with Crippen molar-refractivity contribution in [3.05, 3.63) is 134 Å². The second kappa shape index (κ2) is 25.7. The van der Waals surface area contributed by atoms with Gasteiger partial charge < -0.3 is 36.6 Å². The number of fused-ring (bicyclic) bond motifs is 3. The van der Waals surface area contributed by atoms with Gasteiger partial charge >= 0.3 is 0 Å². The van der Waals surface area contributed by atoms with E-state index < -0.39 is 64.1 Å². The number of likely N-dealkylation sites (tertiary alicyclic amines) is 1. The van der Waals surface area contributed by atoms with Crippen molar-refractivity contribution in [2.24, 2.45) is 5.41 Å². The zero-order valence-electron chi connectivity index (χ0n) is 47.3. The lowest BCUT2D eigenvalue weighted by atomic mass is 9.55. The van der Waals surface area contributed by atoms with Gasteiger partial charge in [0.2, 0.25) is 29.5 Å². The van der Waals surface area contributed by atoms with Crippen molar-refractivity contribution in [1.82, 2.24) is 31.2 Å². The molecule has 1 aliphatic carbocycles. The Morgan fingerprint density at radius 2 is 1.57 bits per heavy atom. The number of nitrogens with one attached hydrogen (secondary N) is 6. The Kier molecular flexibility index (Phi) is 18.9. The van der Waals surface area contributed by atoms with Crippen LogP contribution in [0, 0.1) is 18.2 Å². The minimum Gasteiger partial charge on any atom is -0.391 e. The quantitative estimate of drug-likeness (QED) is 0.0369. The molecule has 2 spiro atoms. The van der Waals surface area contributed by atoms with Crippen LogP contribution in [0.2, 0.25) is 10.0 Å². The predicted molar refractivity (Wildman–Crippen MR) is 319 cm³/mol. The number of hydrogen-bond acceptors (Lipinski definition) is 10. The van der Waals surface area contributed by atoms with Crippen molar-refractivity contribution in [2.45, 2.75) is 172 Å². The van der Waals surface area contributed by atoms with Crippen LogP contribution in [0.15, 0.2) is 90.4 Å².